The molecule has 2 fully saturated rings. The van der Waals surface area contributed by atoms with Gasteiger partial charge in [-0.3, -0.25) is 4.79 Å². The van der Waals surface area contributed by atoms with Crippen LogP contribution in [0.1, 0.15) is 39.5 Å². The second kappa shape index (κ2) is 4.36. The van der Waals surface area contributed by atoms with Crippen molar-refractivity contribution in [3.05, 3.63) is 0 Å². The molecule has 0 radical (unpaired) electrons. The Balaban J connectivity index is 1.94. The topological polar surface area (TPSA) is 23.6 Å². The van der Waals surface area contributed by atoms with Crippen LogP contribution in [0.15, 0.2) is 0 Å². The molecular formula is C13H24N2O. The summed E-state index contributed by atoms with van der Waals surface area (Å²) < 4.78 is 0. The van der Waals surface area contributed by atoms with Crippen LogP contribution in [0.5, 0.6) is 0 Å². The van der Waals surface area contributed by atoms with Crippen molar-refractivity contribution < 1.29 is 4.79 Å². The molecule has 0 aromatic carbocycles. The maximum Gasteiger partial charge on any atom is 0.222 e. The molecule has 16 heavy (non-hydrogen) atoms. The summed E-state index contributed by atoms with van der Waals surface area (Å²) in [6.07, 6.45) is 4.41. The number of rotatable bonds is 1. The fraction of sp³-hybridized carbons (Fsp3) is 0.923. The molecule has 3 heteroatoms. The molecule has 0 saturated carbocycles. The van der Waals surface area contributed by atoms with Gasteiger partial charge in [0.2, 0.25) is 5.91 Å². The van der Waals surface area contributed by atoms with Crippen LogP contribution >= 0.6 is 0 Å². The summed E-state index contributed by atoms with van der Waals surface area (Å²) in [5.41, 5.74) is 0.439. The Hall–Kier alpha value is -0.570. The van der Waals surface area contributed by atoms with Crippen LogP contribution in [-0.4, -0.2) is 48.4 Å². The van der Waals surface area contributed by atoms with Crippen LogP contribution in [0.4, 0.5) is 0 Å². The molecule has 2 aliphatic rings. The lowest BCUT2D eigenvalue weighted by molar-refractivity contribution is -0.137. The Morgan fingerprint density at radius 3 is 2.31 bits per heavy atom. The molecule has 1 amide bonds. The fourth-order valence-corrected chi connectivity index (χ4v) is 3.16. The number of likely N-dealkylation sites (tertiary alicyclic amines) is 2. The van der Waals surface area contributed by atoms with Gasteiger partial charge in [-0.25, -0.2) is 0 Å². The van der Waals surface area contributed by atoms with E-state index in [1.165, 1.54) is 25.9 Å². The molecule has 2 saturated heterocycles. The summed E-state index contributed by atoms with van der Waals surface area (Å²) in [5.74, 6) is 0.330. The first kappa shape index (κ1) is 11.9. The lowest BCUT2D eigenvalue weighted by Gasteiger charge is -2.47. The van der Waals surface area contributed by atoms with E-state index in [-0.39, 0.29) is 0 Å². The normalized spacial score (nSPS) is 26.8. The molecule has 3 nitrogen and oxygen atoms in total. The van der Waals surface area contributed by atoms with Crippen molar-refractivity contribution in [1.29, 1.82) is 0 Å². The molecular weight excluding hydrogens is 200 g/mol. The molecule has 0 N–H and O–H groups in total. The van der Waals surface area contributed by atoms with E-state index in [2.05, 4.69) is 18.7 Å². The van der Waals surface area contributed by atoms with E-state index in [1.807, 2.05) is 11.9 Å². The van der Waals surface area contributed by atoms with Gasteiger partial charge in [0.15, 0.2) is 0 Å². The lowest BCUT2D eigenvalue weighted by atomic mass is 9.72. The summed E-state index contributed by atoms with van der Waals surface area (Å²) >= 11 is 0. The van der Waals surface area contributed by atoms with Crippen LogP contribution in [0.3, 0.4) is 0 Å². The SMILES string of the molecule is CC(C)N1CCC2(CCC(=O)N(C)C2)CC1. The largest absolute Gasteiger partial charge is 0.345 e. The third-order valence-corrected chi connectivity index (χ3v) is 4.46. The highest BCUT2D eigenvalue weighted by Gasteiger charge is 2.39. The minimum absolute atomic E-state index is 0.330. The van der Waals surface area contributed by atoms with Crippen LogP contribution in [0, 0.1) is 5.41 Å². The second-order valence-electron chi connectivity index (χ2n) is 5.88. The molecule has 2 heterocycles. The van der Waals surface area contributed by atoms with Crippen LogP contribution < -0.4 is 0 Å². The van der Waals surface area contributed by atoms with Gasteiger partial charge in [0.05, 0.1) is 0 Å². The molecule has 92 valence electrons. The minimum Gasteiger partial charge on any atom is -0.345 e. The van der Waals surface area contributed by atoms with E-state index < -0.39 is 0 Å². The van der Waals surface area contributed by atoms with Crippen molar-refractivity contribution in [3.63, 3.8) is 0 Å². The Bertz CT molecular complexity index is 267. The third kappa shape index (κ3) is 2.24. The van der Waals surface area contributed by atoms with Crippen molar-refractivity contribution >= 4 is 5.91 Å². The van der Waals surface area contributed by atoms with Gasteiger partial charge in [0.25, 0.3) is 0 Å². The zero-order chi connectivity index (χ0) is 11.8. The summed E-state index contributed by atoms with van der Waals surface area (Å²) in [6.45, 7) is 7.94. The molecule has 0 bridgehead atoms. The van der Waals surface area contributed by atoms with Crippen molar-refractivity contribution in [3.8, 4) is 0 Å². The van der Waals surface area contributed by atoms with Crippen LogP contribution in [0.2, 0.25) is 0 Å². The average molecular weight is 224 g/mol. The van der Waals surface area contributed by atoms with Crippen molar-refractivity contribution in [1.82, 2.24) is 9.80 Å². The van der Waals surface area contributed by atoms with Gasteiger partial charge in [0.1, 0.15) is 0 Å². The van der Waals surface area contributed by atoms with E-state index in [0.717, 1.165) is 19.4 Å². The van der Waals surface area contributed by atoms with Gasteiger partial charge in [-0.1, -0.05) is 0 Å². The van der Waals surface area contributed by atoms with Gasteiger partial charge in [0, 0.05) is 26.1 Å². The number of hydrogen-bond acceptors (Lipinski definition) is 2. The van der Waals surface area contributed by atoms with E-state index in [4.69, 9.17) is 0 Å². The minimum atomic E-state index is 0.330. The van der Waals surface area contributed by atoms with Gasteiger partial charge in [-0.2, -0.15) is 0 Å². The lowest BCUT2D eigenvalue weighted by Crippen LogP contribution is -2.51. The van der Waals surface area contributed by atoms with Crippen LogP contribution in [-0.2, 0) is 4.79 Å². The molecule has 0 unspecified atom stereocenters. The van der Waals surface area contributed by atoms with Gasteiger partial charge < -0.3 is 9.80 Å². The Morgan fingerprint density at radius 2 is 1.81 bits per heavy atom. The van der Waals surface area contributed by atoms with E-state index in [0.29, 0.717) is 17.4 Å². The quantitative estimate of drug-likeness (QED) is 0.677. The van der Waals surface area contributed by atoms with Gasteiger partial charge in [-0.15, -0.1) is 0 Å². The first-order valence-electron chi connectivity index (χ1n) is 6.50. The van der Waals surface area contributed by atoms with E-state index in [9.17, 15) is 4.79 Å². The first-order valence-corrected chi connectivity index (χ1v) is 6.50. The number of carbonyl (C=O) groups excluding carboxylic acids is 1. The molecule has 0 atom stereocenters. The fourth-order valence-electron chi connectivity index (χ4n) is 3.16. The van der Waals surface area contributed by atoms with Crippen LogP contribution in [0.25, 0.3) is 0 Å². The van der Waals surface area contributed by atoms with E-state index >= 15 is 0 Å². The summed E-state index contributed by atoms with van der Waals surface area (Å²) in [4.78, 5) is 16.0. The molecule has 1 spiro atoms. The van der Waals surface area contributed by atoms with Gasteiger partial charge in [-0.05, 0) is 51.6 Å². The number of piperidine rings is 2. The monoisotopic (exact) mass is 224 g/mol. The number of nitrogens with zero attached hydrogens (tertiary/aromatic N) is 2. The summed E-state index contributed by atoms with van der Waals surface area (Å²) in [6, 6.07) is 0.667. The Morgan fingerprint density at radius 1 is 1.19 bits per heavy atom. The summed E-state index contributed by atoms with van der Waals surface area (Å²) in [7, 11) is 1.96. The summed E-state index contributed by atoms with van der Waals surface area (Å²) in [5, 5.41) is 0. The third-order valence-electron chi connectivity index (χ3n) is 4.46. The molecule has 2 aliphatic heterocycles. The highest BCUT2D eigenvalue weighted by molar-refractivity contribution is 5.76. The Kier molecular flexibility index (Phi) is 3.24. The molecule has 0 aliphatic carbocycles. The van der Waals surface area contributed by atoms with Gasteiger partial charge >= 0.3 is 0 Å². The molecule has 0 aromatic heterocycles. The standard InChI is InChI=1S/C13H24N2O/c1-11(2)15-8-6-13(7-9-15)5-4-12(16)14(3)10-13/h11H,4-10H2,1-3H3. The first-order chi connectivity index (χ1) is 7.52. The number of amides is 1. The second-order valence-corrected chi connectivity index (χ2v) is 5.88. The number of carbonyl (C=O) groups is 1. The molecule has 0 aromatic rings. The van der Waals surface area contributed by atoms with Crippen molar-refractivity contribution in [2.24, 2.45) is 5.41 Å². The molecule has 2 rings (SSSR count). The average Bonchev–Trinajstić information content (AvgIpc) is 2.25. The predicted molar refractivity (Wildman–Crippen MR) is 65.2 cm³/mol. The van der Waals surface area contributed by atoms with E-state index in [1.54, 1.807) is 0 Å². The Labute approximate surface area is 98.8 Å². The highest BCUT2D eigenvalue weighted by atomic mass is 16.2. The number of hydrogen-bond donors (Lipinski definition) is 0. The maximum absolute atomic E-state index is 11.5. The maximum atomic E-state index is 11.5. The van der Waals surface area contributed by atoms with Crippen molar-refractivity contribution in [2.75, 3.05) is 26.7 Å². The highest BCUT2D eigenvalue weighted by Crippen LogP contribution is 2.40. The van der Waals surface area contributed by atoms with Crippen molar-refractivity contribution in [2.45, 2.75) is 45.6 Å². The predicted octanol–water partition coefficient (Wildman–Crippen LogP) is 1.73. The zero-order valence-electron chi connectivity index (χ0n) is 10.8. The zero-order valence-corrected chi connectivity index (χ0v) is 10.8. The smallest absolute Gasteiger partial charge is 0.222 e.